The first kappa shape index (κ1) is 15.1. The highest BCUT2D eigenvalue weighted by molar-refractivity contribution is 7.89. The van der Waals surface area contributed by atoms with Gasteiger partial charge >= 0.3 is 0 Å². The van der Waals surface area contributed by atoms with E-state index in [2.05, 4.69) is 5.32 Å². The van der Waals surface area contributed by atoms with Gasteiger partial charge < -0.3 is 15.8 Å². The molecule has 1 heterocycles. The Kier molecular flexibility index (Phi) is 4.52. The highest BCUT2D eigenvalue weighted by Crippen LogP contribution is 2.25. The van der Waals surface area contributed by atoms with E-state index in [1.165, 1.54) is 24.5 Å². The van der Waals surface area contributed by atoms with E-state index in [1.807, 2.05) is 0 Å². The molecule has 0 amide bonds. The van der Waals surface area contributed by atoms with Crippen LogP contribution in [0.2, 0.25) is 0 Å². The fraction of sp³-hybridized carbons (Fsp3) is 0.538. The van der Waals surface area contributed by atoms with E-state index >= 15 is 0 Å². The molecule has 0 saturated carbocycles. The normalized spacial score (nSPS) is 19.4. The predicted octanol–water partition coefficient (Wildman–Crippen LogP) is 0.967. The number of hydrogen-bond acceptors (Lipinski definition) is 5. The van der Waals surface area contributed by atoms with E-state index in [1.54, 1.807) is 12.1 Å². The SMILES string of the molecule is CN(C)S(=O)(=O)c1ccc(N)c(NCC2CCOC2)c1. The maximum Gasteiger partial charge on any atom is 0.242 e. The topological polar surface area (TPSA) is 84.7 Å². The van der Waals surface area contributed by atoms with Crippen LogP contribution < -0.4 is 11.1 Å². The Morgan fingerprint density at radius 2 is 2.20 bits per heavy atom. The molecule has 1 aromatic rings. The molecule has 3 N–H and O–H groups in total. The summed E-state index contributed by atoms with van der Waals surface area (Å²) in [7, 11) is -0.423. The summed E-state index contributed by atoms with van der Waals surface area (Å²) in [6.07, 6.45) is 1.02. The number of nitrogens with two attached hydrogens (primary N) is 1. The van der Waals surface area contributed by atoms with Gasteiger partial charge in [0.25, 0.3) is 0 Å². The van der Waals surface area contributed by atoms with Crippen LogP contribution >= 0.6 is 0 Å². The number of ether oxygens (including phenoxy) is 1. The van der Waals surface area contributed by atoms with E-state index < -0.39 is 10.0 Å². The van der Waals surface area contributed by atoms with E-state index in [-0.39, 0.29) is 4.90 Å². The van der Waals surface area contributed by atoms with Crippen molar-refractivity contribution in [1.29, 1.82) is 0 Å². The van der Waals surface area contributed by atoms with Gasteiger partial charge in [0.2, 0.25) is 10.0 Å². The Labute approximate surface area is 120 Å². The molecule has 1 saturated heterocycles. The molecule has 0 spiro atoms. The largest absolute Gasteiger partial charge is 0.397 e. The number of benzene rings is 1. The van der Waals surface area contributed by atoms with Gasteiger partial charge in [-0.25, -0.2) is 12.7 Å². The molecule has 1 aliphatic rings. The zero-order valence-electron chi connectivity index (χ0n) is 11.8. The molecule has 6 nitrogen and oxygen atoms in total. The fourth-order valence-corrected chi connectivity index (χ4v) is 2.99. The molecule has 1 atom stereocenters. The minimum Gasteiger partial charge on any atom is -0.397 e. The number of nitrogens with one attached hydrogen (secondary N) is 1. The zero-order valence-corrected chi connectivity index (χ0v) is 12.6. The van der Waals surface area contributed by atoms with Crippen molar-refractivity contribution in [2.24, 2.45) is 5.92 Å². The molecular weight excluding hydrogens is 278 g/mol. The first-order chi connectivity index (χ1) is 9.41. The quantitative estimate of drug-likeness (QED) is 0.791. The van der Waals surface area contributed by atoms with Crippen LogP contribution in [0.15, 0.2) is 23.1 Å². The lowest BCUT2D eigenvalue weighted by atomic mass is 10.1. The number of anilines is 2. The molecule has 1 unspecified atom stereocenters. The van der Waals surface area contributed by atoms with Crippen LogP contribution in [-0.4, -0.2) is 46.6 Å². The molecular formula is C13H21N3O3S. The van der Waals surface area contributed by atoms with Crippen molar-refractivity contribution in [1.82, 2.24) is 4.31 Å². The number of nitrogen functional groups attached to an aromatic ring is 1. The van der Waals surface area contributed by atoms with E-state index in [0.29, 0.717) is 17.3 Å². The average Bonchev–Trinajstić information content (AvgIpc) is 2.90. The third-order valence-electron chi connectivity index (χ3n) is 3.41. The molecule has 20 heavy (non-hydrogen) atoms. The summed E-state index contributed by atoms with van der Waals surface area (Å²) in [6.45, 7) is 2.26. The molecule has 0 aliphatic carbocycles. The summed E-state index contributed by atoms with van der Waals surface area (Å²) in [5.41, 5.74) is 7.09. The van der Waals surface area contributed by atoms with Crippen LogP contribution in [0.25, 0.3) is 0 Å². The number of nitrogens with zero attached hydrogens (tertiary/aromatic N) is 1. The van der Waals surface area contributed by atoms with Gasteiger partial charge in [-0.15, -0.1) is 0 Å². The Hall–Kier alpha value is -1.31. The number of hydrogen-bond donors (Lipinski definition) is 2. The van der Waals surface area contributed by atoms with Gasteiger partial charge in [-0.1, -0.05) is 0 Å². The van der Waals surface area contributed by atoms with Crippen LogP contribution in [0, 0.1) is 5.92 Å². The van der Waals surface area contributed by atoms with Gasteiger partial charge in [0.1, 0.15) is 0 Å². The van der Waals surface area contributed by atoms with Crippen molar-refractivity contribution in [3.63, 3.8) is 0 Å². The fourth-order valence-electron chi connectivity index (χ4n) is 2.06. The zero-order chi connectivity index (χ0) is 14.8. The van der Waals surface area contributed by atoms with Gasteiger partial charge in [0, 0.05) is 33.2 Å². The van der Waals surface area contributed by atoms with Crippen molar-refractivity contribution >= 4 is 21.4 Å². The molecule has 112 valence electrons. The molecule has 7 heteroatoms. The summed E-state index contributed by atoms with van der Waals surface area (Å²) in [4.78, 5) is 0.238. The summed E-state index contributed by atoms with van der Waals surface area (Å²) >= 11 is 0. The summed E-state index contributed by atoms with van der Waals surface area (Å²) in [5.74, 6) is 0.448. The first-order valence-corrected chi connectivity index (χ1v) is 7.99. The van der Waals surface area contributed by atoms with Crippen LogP contribution in [0.4, 0.5) is 11.4 Å². The maximum absolute atomic E-state index is 12.1. The minimum absolute atomic E-state index is 0.238. The van der Waals surface area contributed by atoms with Gasteiger partial charge in [0.05, 0.1) is 22.9 Å². The minimum atomic E-state index is -3.44. The molecule has 0 aromatic heterocycles. The first-order valence-electron chi connectivity index (χ1n) is 6.55. The van der Waals surface area contributed by atoms with Crippen molar-refractivity contribution < 1.29 is 13.2 Å². The smallest absolute Gasteiger partial charge is 0.242 e. The second-order valence-electron chi connectivity index (χ2n) is 5.15. The maximum atomic E-state index is 12.1. The average molecular weight is 299 g/mol. The predicted molar refractivity (Wildman–Crippen MR) is 79.1 cm³/mol. The Morgan fingerprint density at radius 1 is 1.45 bits per heavy atom. The van der Waals surface area contributed by atoms with Crippen LogP contribution in [0.3, 0.4) is 0 Å². The Bertz CT molecular complexity index is 566. The number of sulfonamides is 1. The molecule has 1 aliphatic heterocycles. The van der Waals surface area contributed by atoms with Crippen LogP contribution in [-0.2, 0) is 14.8 Å². The molecule has 1 aromatic carbocycles. The summed E-state index contributed by atoms with van der Waals surface area (Å²) in [6, 6.07) is 4.72. The van der Waals surface area contributed by atoms with Gasteiger partial charge in [0.15, 0.2) is 0 Å². The van der Waals surface area contributed by atoms with Gasteiger partial charge in [-0.2, -0.15) is 0 Å². The van der Waals surface area contributed by atoms with Gasteiger partial charge in [-0.3, -0.25) is 0 Å². The van der Waals surface area contributed by atoms with Crippen molar-refractivity contribution in [2.45, 2.75) is 11.3 Å². The monoisotopic (exact) mass is 299 g/mol. The highest BCUT2D eigenvalue weighted by Gasteiger charge is 2.19. The molecule has 1 fully saturated rings. The lowest BCUT2D eigenvalue weighted by molar-refractivity contribution is 0.187. The lowest BCUT2D eigenvalue weighted by Crippen LogP contribution is -2.22. The molecule has 2 rings (SSSR count). The lowest BCUT2D eigenvalue weighted by Gasteiger charge is -2.16. The van der Waals surface area contributed by atoms with Crippen molar-refractivity contribution in [3.05, 3.63) is 18.2 Å². The number of rotatable bonds is 5. The summed E-state index contributed by atoms with van der Waals surface area (Å²) in [5, 5.41) is 3.22. The summed E-state index contributed by atoms with van der Waals surface area (Å²) < 4.78 is 30.7. The third-order valence-corrected chi connectivity index (χ3v) is 5.22. The Morgan fingerprint density at radius 3 is 2.80 bits per heavy atom. The van der Waals surface area contributed by atoms with Crippen LogP contribution in [0.5, 0.6) is 0 Å². The van der Waals surface area contributed by atoms with Crippen LogP contribution in [0.1, 0.15) is 6.42 Å². The third kappa shape index (κ3) is 3.23. The second-order valence-corrected chi connectivity index (χ2v) is 7.30. The molecule has 0 radical (unpaired) electrons. The van der Waals surface area contributed by atoms with E-state index in [9.17, 15) is 8.42 Å². The Balaban J connectivity index is 2.16. The second kappa shape index (κ2) is 5.99. The van der Waals surface area contributed by atoms with Gasteiger partial charge in [-0.05, 0) is 24.6 Å². The van der Waals surface area contributed by atoms with Crippen molar-refractivity contribution in [3.8, 4) is 0 Å². The highest BCUT2D eigenvalue weighted by atomic mass is 32.2. The standard InChI is InChI=1S/C13H21N3O3S/c1-16(2)20(17,18)11-3-4-12(14)13(7-11)15-8-10-5-6-19-9-10/h3-4,7,10,15H,5-6,8-9,14H2,1-2H3. The molecule has 0 bridgehead atoms. The van der Waals surface area contributed by atoms with E-state index in [0.717, 1.165) is 26.2 Å². The van der Waals surface area contributed by atoms with Crippen molar-refractivity contribution in [2.75, 3.05) is 44.9 Å². The van der Waals surface area contributed by atoms with E-state index in [4.69, 9.17) is 10.5 Å².